The Hall–Kier alpha value is -2.21. The van der Waals surface area contributed by atoms with Crippen molar-refractivity contribution < 1.29 is 19.5 Å². The van der Waals surface area contributed by atoms with Crippen molar-refractivity contribution >= 4 is 17.7 Å². The van der Waals surface area contributed by atoms with Gasteiger partial charge in [0.1, 0.15) is 0 Å². The number of fused-ring (bicyclic) bond motifs is 1. The highest BCUT2D eigenvalue weighted by Gasteiger charge is 2.26. The van der Waals surface area contributed by atoms with Gasteiger partial charge in [0.2, 0.25) is 0 Å². The van der Waals surface area contributed by atoms with E-state index in [1.807, 2.05) is 23.1 Å². The molecule has 0 atom stereocenters. The van der Waals surface area contributed by atoms with Gasteiger partial charge in [0, 0.05) is 44.1 Å². The molecular formula is C17H22N2O4. The number of benzene rings is 1. The summed E-state index contributed by atoms with van der Waals surface area (Å²) in [4.78, 5) is 35.2. The van der Waals surface area contributed by atoms with Gasteiger partial charge in [-0.25, -0.2) is 0 Å². The number of nitrogens with one attached hydrogen (secondary N) is 1. The number of ketones is 1. The van der Waals surface area contributed by atoms with Crippen molar-refractivity contribution in [1.82, 2.24) is 10.2 Å². The molecule has 0 bridgehead atoms. The van der Waals surface area contributed by atoms with E-state index in [9.17, 15) is 9.59 Å². The first kappa shape index (κ1) is 17.1. The standard InChI is InChI=1S/C15H18N2O2.C2H4O2/c18-14-6-5-11-12(14)3-1-4-13(11)15(19)17-9-2-7-16-8-10-17;1-2(3)4/h1,3-4,16H,2,5-10H2;1H3,(H,3,4). The maximum absolute atomic E-state index is 12.6. The van der Waals surface area contributed by atoms with Gasteiger partial charge in [0.15, 0.2) is 5.78 Å². The summed E-state index contributed by atoms with van der Waals surface area (Å²) in [6.07, 6.45) is 2.24. The van der Waals surface area contributed by atoms with E-state index in [4.69, 9.17) is 9.90 Å². The van der Waals surface area contributed by atoms with E-state index in [2.05, 4.69) is 5.32 Å². The van der Waals surface area contributed by atoms with Crippen molar-refractivity contribution in [2.24, 2.45) is 0 Å². The fourth-order valence-corrected chi connectivity index (χ4v) is 2.91. The minimum Gasteiger partial charge on any atom is -0.481 e. The molecule has 2 aliphatic rings. The number of hydrogen-bond donors (Lipinski definition) is 2. The number of aliphatic carboxylic acids is 1. The fourth-order valence-electron chi connectivity index (χ4n) is 2.91. The van der Waals surface area contributed by atoms with Crippen LogP contribution in [0.1, 0.15) is 46.0 Å². The van der Waals surface area contributed by atoms with Crippen LogP contribution in [0.25, 0.3) is 0 Å². The van der Waals surface area contributed by atoms with Gasteiger partial charge in [-0.15, -0.1) is 0 Å². The molecule has 2 N–H and O–H groups in total. The Morgan fingerprint density at radius 2 is 1.91 bits per heavy atom. The predicted octanol–water partition coefficient (Wildman–Crippen LogP) is 1.34. The van der Waals surface area contributed by atoms with Gasteiger partial charge >= 0.3 is 0 Å². The Labute approximate surface area is 135 Å². The van der Waals surface area contributed by atoms with Crippen molar-refractivity contribution in [2.75, 3.05) is 26.2 Å². The molecule has 1 heterocycles. The summed E-state index contributed by atoms with van der Waals surface area (Å²) in [5.74, 6) is -0.586. The minimum absolute atomic E-state index is 0.0789. The van der Waals surface area contributed by atoms with Crippen LogP contribution in [-0.4, -0.2) is 53.8 Å². The molecule has 0 radical (unpaired) electrons. The van der Waals surface area contributed by atoms with Crippen LogP contribution in [0.5, 0.6) is 0 Å². The molecule has 1 saturated heterocycles. The lowest BCUT2D eigenvalue weighted by Crippen LogP contribution is -2.34. The molecule has 1 amide bonds. The first-order chi connectivity index (χ1) is 11.0. The Morgan fingerprint density at radius 3 is 2.65 bits per heavy atom. The number of carboxylic acids is 1. The number of nitrogens with zero attached hydrogens (tertiary/aromatic N) is 1. The monoisotopic (exact) mass is 318 g/mol. The zero-order valence-electron chi connectivity index (χ0n) is 13.3. The SMILES string of the molecule is CC(=O)O.O=C1CCc2c1cccc2C(=O)N1CCCNCC1. The zero-order chi connectivity index (χ0) is 16.8. The predicted molar refractivity (Wildman–Crippen MR) is 85.8 cm³/mol. The van der Waals surface area contributed by atoms with Crippen molar-refractivity contribution in [1.29, 1.82) is 0 Å². The lowest BCUT2D eigenvalue weighted by Gasteiger charge is -2.21. The molecule has 1 aromatic carbocycles. The third-order valence-corrected chi connectivity index (χ3v) is 3.94. The Bertz CT molecular complexity index is 601. The molecule has 0 spiro atoms. The maximum Gasteiger partial charge on any atom is 0.300 e. The number of Topliss-reactive ketones (excluding diaryl/α,β-unsaturated/α-hetero) is 1. The lowest BCUT2D eigenvalue weighted by molar-refractivity contribution is -0.134. The van der Waals surface area contributed by atoms with E-state index >= 15 is 0 Å². The van der Waals surface area contributed by atoms with Crippen LogP contribution >= 0.6 is 0 Å². The van der Waals surface area contributed by atoms with Crippen LogP contribution in [0, 0.1) is 0 Å². The minimum atomic E-state index is -0.833. The quantitative estimate of drug-likeness (QED) is 0.816. The van der Waals surface area contributed by atoms with Gasteiger partial charge in [0.25, 0.3) is 11.9 Å². The first-order valence-electron chi connectivity index (χ1n) is 7.85. The second-order valence-corrected chi connectivity index (χ2v) is 5.67. The molecule has 3 rings (SSSR count). The first-order valence-corrected chi connectivity index (χ1v) is 7.85. The highest BCUT2D eigenvalue weighted by molar-refractivity contribution is 6.05. The number of carbonyl (C=O) groups excluding carboxylic acids is 2. The van der Waals surface area contributed by atoms with Gasteiger partial charge in [0.05, 0.1) is 0 Å². The fraction of sp³-hybridized carbons (Fsp3) is 0.471. The highest BCUT2D eigenvalue weighted by Crippen LogP contribution is 2.26. The molecule has 1 aromatic rings. The van der Waals surface area contributed by atoms with Crippen LogP contribution in [0.4, 0.5) is 0 Å². The van der Waals surface area contributed by atoms with E-state index in [-0.39, 0.29) is 11.7 Å². The molecule has 1 aliphatic heterocycles. The van der Waals surface area contributed by atoms with E-state index < -0.39 is 5.97 Å². The number of rotatable bonds is 1. The average molecular weight is 318 g/mol. The van der Waals surface area contributed by atoms with Crippen molar-refractivity contribution in [2.45, 2.75) is 26.2 Å². The topological polar surface area (TPSA) is 86.7 Å². The normalized spacial score (nSPS) is 16.9. The smallest absolute Gasteiger partial charge is 0.300 e. The maximum atomic E-state index is 12.6. The number of carboxylic acid groups (broad SMARTS) is 1. The van der Waals surface area contributed by atoms with Gasteiger partial charge in [-0.3, -0.25) is 14.4 Å². The van der Waals surface area contributed by atoms with Gasteiger partial charge in [-0.2, -0.15) is 0 Å². The summed E-state index contributed by atoms with van der Waals surface area (Å²) in [5, 5.41) is 10.7. The van der Waals surface area contributed by atoms with Crippen LogP contribution in [0.15, 0.2) is 18.2 Å². The molecule has 1 fully saturated rings. The summed E-state index contributed by atoms with van der Waals surface area (Å²) in [6, 6.07) is 5.52. The van der Waals surface area contributed by atoms with E-state index in [1.165, 1.54) is 0 Å². The van der Waals surface area contributed by atoms with Gasteiger partial charge in [-0.1, -0.05) is 12.1 Å². The van der Waals surface area contributed by atoms with Crippen molar-refractivity contribution in [3.8, 4) is 0 Å². The second kappa shape index (κ2) is 7.87. The lowest BCUT2D eigenvalue weighted by atomic mass is 10.0. The van der Waals surface area contributed by atoms with Crippen LogP contribution < -0.4 is 5.32 Å². The summed E-state index contributed by atoms with van der Waals surface area (Å²) in [5.41, 5.74) is 2.43. The highest BCUT2D eigenvalue weighted by atomic mass is 16.4. The van der Waals surface area contributed by atoms with Crippen LogP contribution in [0.3, 0.4) is 0 Å². The van der Waals surface area contributed by atoms with Gasteiger partial charge < -0.3 is 15.3 Å². The molecule has 1 aliphatic carbocycles. The number of amides is 1. The zero-order valence-corrected chi connectivity index (χ0v) is 13.3. The average Bonchev–Trinajstić information content (AvgIpc) is 2.74. The van der Waals surface area contributed by atoms with Crippen LogP contribution in [0.2, 0.25) is 0 Å². The number of carbonyl (C=O) groups is 3. The van der Waals surface area contributed by atoms with Crippen LogP contribution in [-0.2, 0) is 11.2 Å². The Balaban J connectivity index is 0.000000433. The molecule has 124 valence electrons. The summed E-state index contributed by atoms with van der Waals surface area (Å²) in [6.45, 7) is 4.44. The molecule has 0 saturated carbocycles. The van der Waals surface area contributed by atoms with E-state index in [1.54, 1.807) is 0 Å². The van der Waals surface area contributed by atoms with Crippen molar-refractivity contribution in [3.63, 3.8) is 0 Å². The summed E-state index contributed by atoms with van der Waals surface area (Å²) >= 11 is 0. The molecule has 0 aromatic heterocycles. The van der Waals surface area contributed by atoms with E-state index in [0.29, 0.717) is 12.8 Å². The molecule has 0 unspecified atom stereocenters. The van der Waals surface area contributed by atoms with E-state index in [0.717, 1.165) is 56.2 Å². The third-order valence-electron chi connectivity index (χ3n) is 3.94. The molecular weight excluding hydrogens is 296 g/mol. The molecule has 6 nitrogen and oxygen atoms in total. The molecule has 23 heavy (non-hydrogen) atoms. The summed E-state index contributed by atoms with van der Waals surface area (Å²) < 4.78 is 0. The second-order valence-electron chi connectivity index (χ2n) is 5.67. The third kappa shape index (κ3) is 4.39. The van der Waals surface area contributed by atoms with Gasteiger partial charge in [-0.05, 0) is 31.0 Å². The number of hydrogen-bond acceptors (Lipinski definition) is 4. The Kier molecular flexibility index (Phi) is 5.87. The molecule has 6 heteroatoms. The van der Waals surface area contributed by atoms with Crippen molar-refractivity contribution in [3.05, 3.63) is 34.9 Å². The Morgan fingerprint density at radius 1 is 1.17 bits per heavy atom. The summed E-state index contributed by atoms with van der Waals surface area (Å²) in [7, 11) is 0. The largest absolute Gasteiger partial charge is 0.481 e.